The van der Waals surface area contributed by atoms with Gasteiger partial charge in [0.1, 0.15) is 40.6 Å². The van der Waals surface area contributed by atoms with Crippen LogP contribution in [0.25, 0.3) is 32.9 Å². The second kappa shape index (κ2) is 17.0. The highest BCUT2D eigenvalue weighted by Gasteiger charge is 2.51. The Morgan fingerprint density at radius 3 is 2.41 bits per heavy atom. The van der Waals surface area contributed by atoms with E-state index in [1.165, 1.54) is 31.1 Å². The molecule has 3 aliphatic rings. The monoisotopic (exact) mass is 843 g/mol. The number of carbonyl (C=O) groups excluding carboxylic acids is 1. The van der Waals surface area contributed by atoms with Gasteiger partial charge in [-0.15, -0.1) is 0 Å². The lowest BCUT2D eigenvalue weighted by Gasteiger charge is -2.45. The average molecular weight is 844 g/mol. The molecule has 4 aromatic rings. The first-order chi connectivity index (χ1) is 27.9. The van der Waals surface area contributed by atoms with Gasteiger partial charge in [0.05, 0.1) is 30.3 Å². The molecule has 0 saturated carbocycles. The summed E-state index contributed by atoms with van der Waals surface area (Å²) < 4.78 is 83.2. The molecule has 2 aromatic carbocycles. The average Bonchev–Trinajstić information content (AvgIpc) is 3.44. The molecule has 0 spiro atoms. The van der Waals surface area contributed by atoms with E-state index < -0.39 is 66.7 Å². The molecule has 0 aliphatic carbocycles. The van der Waals surface area contributed by atoms with Crippen LogP contribution in [-0.2, 0) is 23.9 Å². The fourth-order valence-corrected chi connectivity index (χ4v) is 13.0. The molecule has 2 bridgehead atoms. The van der Waals surface area contributed by atoms with Crippen LogP contribution in [0.15, 0.2) is 29.4 Å². The molecule has 14 nitrogen and oxygen atoms in total. The number of piperazine rings is 1. The van der Waals surface area contributed by atoms with Crippen LogP contribution in [0.2, 0.25) is 0 Å². The maximum absolute atomic E-state index is 17.6. The number of aromatic nitrogens is 3. The molecule has 3 aliphatic heterocycles. The summed E-state index contributed by atoms with van der Waals surface area (Å²) in [6, 6.07) is 4.44. The number of amides is 1. The van der Waals surface area contributed by atoms with E-state index in [0.29, 0.717) is 18.2 Å². The number of pyridine rings is 1. The van der Waals surface area contributed by atoms with Gasteiger partial charge >= 0.3 is 16.2 Å². The van der Waals surface area contributed by atoms with E-state index in [4.69, 9.17) is 23.4 Å². The Balaban J connectivity index is 1.51. The first-order valence-electron chi connectivity index (χ1n) is 19.5. The molecule has 5 heterocycles. The maximum atomic E-state index is 17.6. The van der Waals surface area contributed by atoms with E-state index >= 15 is 8.78 Å². The largest absolute Gasteiger partial charge is 0.475 e. The molecule has 0 radical (unpaired) electrons. The summed E-state index contributed by atoms with van der Waals surface area (Å²) in [5.41, 5.74) is -0.590. The number of hydrogen-bond acceptors (Lipinski definition) is 13. The van der Waals surface area contributed by atoms with Gasteiger partial charge in [-0.05, 0) is 85.1 Å². The van der Waals surface area contributed by atoms with Crippen molar-refractivity contribution in [3.8, 4) is 34.1 Å². The SMILES string of the molecule is CCCS(C#Cc1c(F)ccc2cc(OCOC)cc(-c3nc4c5c(nc(S(=O)(=O)OCC)nc5c3F)N3C[C@H]5CC[C@@H]([C@H]3CO4)N5C(=O)OO)c12)(CCC)CCC. The van der Waals surface area contributed by atoms with Crippen LogP contribution in [0.5, 0.6) is 11.6 Å². The second-order valence-electron chi connectivity index (χ2n) is 14.5. The van der Waals surface area contributed by atoms with Crippen molar-refractivity contribution in [2.75, 3.05) is 55.8 Å². The van der Waals surface area contributed by atoms with Crippen LogP contribution >= 0.6 is 10.0 Å². The number of nitrogens with zero attached hydrogens (tertiary/aromatic N) is 5. The molecular weight excluding hydrogens is 797 g/mol. The Hall–Kier alpha value is -4.54. The molecule has 1 N–H and O–H groups in total. The molecule has 58 heavy (non-hydrogen) atoms. The first kappa shape index (κ1) is 41.6. The van der Waals surface area contributed by atoms with Crippen molar-refractivity contribution < 1.29 is 50.5 Å². The van der Waals surface area contributed by atoms with Gasteiger partial charge in [0.2, 0.25) is 5.88 Å². The highest BCUT2D eigenvalue weighted by atomic mass is 32.3. The van der Waals surface area contributed by atoms with Crippen molar-refractivity contribution in [1.82, 2.24) is 19.9 Å². The molecule has 0 unspecified atom stereocenters. The predicted molar refractivity (Wildman–Crippen MR) is 216 cm³/mol. The smallest absolute Gasteiger partial charge is 0.441 e. The summed E-state index contributed by atoms with van der Waals surface area (Å²) in [7, 11) is -4.59. The van der Waals surface area contributed by atoms with Crippen molar-refractivity contribution in [3.63, 3.8) is 0 Å². The van der Waals surface area contributed by atoms with Crippen molar-refractivity contribution >= 4 is 53.7 Å². The number of halogens is 2. The lowest BCUT2D eigenvalue weighted by molar-refractivity contribution is -0.191. The number of benzene rings is 2. The third kappa shape index (κ3) is 7.47. The Labute approximate surface area is 337 Å². The fraction of sp³-hybridized carbons (Fsp3) is 0.500. The van der Waals surface area contributed by atoms with Crippen molar-refractivity contribution in [1.29, 1.82) is 0 Å². The Bertz CT molecular complexity index is 2390. The van der Waals surface area contributed by atoms with Gasteiger partial charge in [0.15, 0.2) is 12.6 Å². The van der Waals surface area contributed by atoms with Gasteiger partial charge in [-0.3, -0.25) is 14.0 Å². The molecule has 18 heteroatoms. The van der Waals surface area contributed by atoms with Crippen LogP contribution in [0, 0.1) is 22.8 Å². The molecular formula is C40H47F2N5O9S2. The van der Waals surface area contributed by atoms with E-state index in [-0.39, 0.29) is 71.6 Å². The summed E-state index contributed by atoms with van der Waals surface area (Å²) in [4.78, 5) is 33.5. The Morgan fingerprint density at radius 2 is 1.74 bits per heavy atom. The van der Waals surface area contributed by atoms with Gasteiger partial charge in [-0.2, -0.15) is 28.7 Å². The van der Waals surface area contributed by atoms with E-state index in [9.17, 15) is 18.5 Å². The Morgan fingerprint density at radius 1 is 1.00 bits per heavy atom. The van der Waals surface area contributed by atoms with E-state index in [0.717, 1.165) is 36.5 Å². The first-order valence-corrected chi connectivity index (χ1v) is 23.0. The third-order valence-corrected chi connectivity index (χ3v) is 16.1. The van der Waals surface area contributed by atoms with Crippen molar-refractivity contribution in [3.05, 3.63) is 41.5 Å². The van der Waals surface area contributed by atoms with Crippen LogP contribution in [-0.4, -0.2) is 109 Å². The van der Waals surface area contributed by atoms with Crippen LogP contribution in [0.1, 0.15) is 65.4 Å². The fourth-order valence-electron chi connectivity index (χ4n) is 8.62. The van der Waals surface area contributed by atoms with Crippen LogP contribution < -0.4 is 14.4 Å². The number of hydrogen-bond donors (Lipinski definition) is 1. The highest BCUT2D eigenvalue weighted by molar-refractivity contribution is 8.37. The molecule has 2 aromatic heterocycles. The molecule has 3 atom stereocenters. The summed E-state index contributed by atoms with van der Waals surface area (Å²) in [6.07, 6.45) is 2.92. The van der Waals surface area contributed by atoms with E-state index in [1.54, 1.807) is 17.0 Å². The van der Waals surface area contributed by atoms with Crippen LogP contribution in [0.3, 0.4) is 0 Å². The minimum absolute atomic E-state index is 0.00570. The Kier molecular flexibility index (Phi) is 12.2. The van der Waals surface area contributed by atoms with Gasteiger partial charge < -0.3 is 19.1 Å². The zero-order valence-corrected chi connectivity index (χ0v) is 34.7. The molecule has 312 valence electrons. The number of anilines is 1. The van der Waals surface area contributed by atoms with Crippen LogP contribution in [0.4, 0.5) is 19.4 Å². The van der Waals surface area contributed by atoms with E-state index in [1.807, 2.05) is 0 Å². The minimum atomic E-state index is -4.60. The number of rotatable bonds is 13. The summed E-state index contributed by atoms with van der Waals surface area (Å²) in [6.45, 7) is 7.49. The highest BCUT2D eigenvalue weighted by Crippen LogP contribution is 2.50. The lowest BCUT2D eigenvalue weighted by Crippen LogP contribution is -2.63. The topological polar surface area (TPSA) is 163 Å². The maximum Gasteiger partial charge on any atom is 0.441 e. The molecule has 2 fully saturated rings. The molecule has 7 rings (SSSR count). The molecule has 1 amide bonds. The summed E-state index contributed by atoms with van der Waals surface area (Å²) in [5.74, 6) is 4.49. The summed E-state index contributed by atoms with van der Waals surface area (Å²) >= 11 is 0. The third-order valence-electron chi connectivity index (χ3n) is 10.8. The minimum Gasteiger partial charge on any atom is -0.475 e. The van der Waals surface area contributed by atoms with Crippen molar-refractivity contribution in [2.45, 2.75) is 83.1 Å². The normalized spacial score (nSPS) is 19.0. The van der Waals surface area contributed by atoms with Gasteiger partial charge in [0.25, 0.3) is 5.16 Å². The van der Waals surface area contributed by atoms with Gasteiger partial charge in [0, 0.05) is 24.6 Å². The van der Waals surface area contributed by atoms with Gasteiger partial charge in [-0.25, -0.2) is 23.5 Å². The standard InChI is InChI=1S/C40H47F2N5O9S2/c1-6-15-57(16-7-2,17-8-3)18-14-27-29(41)12-10-24-19-26(54-23-52-5)20-28(32(24)27)35-34(42)36-33-37(45-39(44-36)58(50,51)55-9-4)46-21-25-11-13-30(47(25)40(48)56-49)31(46)22-53-38(33)43-35/h10,12,19-20,25,30-31,49H,6-9,11,13,15-17,21-23H2,1-5H3/t25-,30+,31-/m1/s1. The van der Waals surface area contributed by atoms with Gasteiger partial charge in [-0.1, -0.05) is 32.8 Å². The second-order valence-corrected chi connectivity index (χ2v) is 19.5. The zero-order valence-electron chi connectivity index (χ0n) is 33.0. The zero-order chi connectivity index (χ0) is 41.4. The quantitative estimate of drug-likeness (QED) is 0.0360. The number of fused-ring (bicyclic) bond motifs is 6. The number of carbonyl (C=O) groups is 1. The predicted octanol–water partition coefficient (Wildman–Crippen LogP) is 7.20. The van der Waals surface area contributed by atoms with Crippen molar-refractivity contribution in [2.24, 2.45) is 0 Å². The van der Waals surface area contributed by atoms with E-state index in [2.05, 4.69) is 46.8 Å². The number of methoxy groups -OCH3 is 1. The molecule has 2 saturated heterocycles. The number of ether oxygens (including phenoxy) is 3. The summed E-state index contributed by atoms with van der Waals surface area (Å²) in [5, 5.41) is 12.8. The lowest BCUT2D eigenvalue weighted by atomic mass is 9.95.